The van der Waals surface area contributed by atoms with Crippen molar-refractivity contribution in [3.63, 3.8) is 0 Å². The summed E-state index contributed by atoms with van der Waals surface area (Å²) in [4.78, 5) is 24.0. The minimum absolute atomic E-state index is 0.197. The summed E-state index contributed by atoms with van der Waals surface area (Å²) in [5.74, 6) is -0.533. The van der Waals surface area contributed by atoms with E-state index in [1.807, 2.05) is 12.1 Å². The van der Waals surface area contributed by atoms with E-state index in [4.69, 9.17) is 4.74 Å². The number of esters is 1. The highest BCUT2D eigenvalue weighted by Crippen LogP contribution is 2.14. The number of hydrogen-bond donors (Lipinski definition) is 1. The van der Waals surface area contributed by atoms with Gasteiger partial charge in [-0.3, -0.25) is 4.79 Å². The maximum Gasteiger partial charge on any atom is 0.338 e. The summed E-state index contributed by atoms with van der Waals surface area (Å²) in [5, 5.41) is 2.80. The Morgan fingerprint density at radius 2 is 1.58 bits per heavy atom. The zero-order valence-electron chi connectivity index (χ0n) is 13.5. The number of benzene rings is 2. The molecule has 0 aliphatic rings. The topological polar surface area (TPSA) is 55.4 Å². The van der Waals surface area contributed by atoms with Crippen molar-refractivity contribution in [2.24, 2.45) is 0 Å². The van der Waals surface area contributed by atoms with Gasteiger partial charge in [-0.2, -0.15) is 0 Å². The highest BCUT2D eigenvalue weighted by molar-refractivity contribution is 9.10. The van der Waals surface area contributed by atoms with Gasteiger partial charge in [-0.1, -0.05) is 35.7 Å². The lowest BCUT2D eigenvalue weighted by atomic mass is 10.2. The smallest absolute Gasteiger partial charge is 0.338 e. The molecule has 0 fully saturated rings. The van der Waals surface area contributed by atoms with Gasteiger partial charge in [0, 0.05) is 15.7 Å². The largest absolute Gasteiger partial charge is 0.462 e. The van der Waals surface area contributed by atoms with E-state index in [0.717, 1.165) is 23.7 Å². The van der Waals surface area contributed by atoms with Crippen LogP contribution in [0.3, 0.4) is 0 Å². The summed E-state index contributed by atoms with van der Waals surface area (Å²) in [5.41, 5.74) is 1.68. The lowest BCUT2D eigenvalue weighted by molar-refractivity contribution is 0.0498. The zero-order chi connectivity index (χ0) is 17.4. The van der Waals surface area contributed by atoms with Gasteiger partial charge in [0.05, 0.1) is 12.2 Å². The molecule has 2 aromatic carbocycles. The van der Waals surface area contributed by atoms with Gasteiger partial charge in [0.2, 0.25) is 0 Å². The number of halogens is 1. The van der Waals surface area contributed by atoms with Gasteiger partial charge >= 0.3 is 5.97 Å². The summed E-state index contributed by atoms with van der Waals surface area (Å²) >= 11 is 3.33. The zero-order valence-corrected chi connectivity index (χ0v) is 15.1. The summed E-state index contributed by atoms with van der Waals surface area (Å²) in [6, 6.07) is 13.8. The molecule has 126 valence electrons. The van der Waals surface area contributed by atoms with E-state index in [1.165, 1.54) is 0 Å². The summed E-state index contributed by atoms with van der Waals surface area (Å²) in [7, 11) is 0. The molecule has 0 aromatic heterocycles. The Morgan fingerprint density at radius 1 is 0.958 bits per heavy atom. The van der Waals surface area contributed by atoms with E-state index in [1.54, 1.807) is 36.4 Å². The fourth-order valence-electron chi connectivity index (χ4n) is 2.09. The van der Waals surface area contributed by atoms with Crippen molar-refractivity contribution >= 4 is 33.5 Å². The molecule has 2 rings (SSSR count). The molecule has 1 N–H and O–H groups in total. The van der Waals surface area contributed by atoms with Crippen molar-refractivity contribution in [1.82, 2.24) is 0 Å². The second kappa shape index (κ2) is 9.23. The molecular weight excluding hydrogens is 370 g/mol. The van der Waals surface area contributed by atoms with Crippen molar-refractivity contribution in [3.8, 4) is 0 Å². The van der Waals surface area contributed by atoms with Crippen molar-refractivity contribution in [2.45, 2.75) is 26.2 Å². The number of carbonyl (C=O) groups is 2. The Kier molecular flexibility index (Phi) is 7.00. The number of hydrogen-bond acceptors (Lipinski definition) is 3. The molecule has 0 aliphatic heterocycles. The van der Waals surface area contributed by atoms with Crippen LogP contribution in [0.1, 0.15) is 46.9 Å². The van der Waals surface area contributed by atoms with Crippen LogP contribution in [0.2, 0.25) is 0 Å². The first-order valence-electron chi connectivity index (χ1n) is 7.94. The molecule has 1 amide bonds. The summed E-state index contributed by atoms with van der Waals surface area (Å²) < 4.78 is 6.12. The number of ether oxygens (including phenoxy) is 1. The molecule has 5 heteroatoms. The van der Waals surface area contributed by atoms with E-state index in [0.29, 0.717) is 23.4 Å². The van der Waals surface area contributed by atoms with Gasteiger partial charge in [0.15, 0.2) is 0 Å². The fourth-order valence-corrected chi connectivity index (χ4v) is 2.36. The van der Waals surface area contributed by atoms with Crippen molar-refractivity contribution in [3.05, 3.63) is 64.1 Å². The maximum atomic E-state index is 12.1. The third-order valence-corrected chi connectivity index (χ3v) is 3.99. The maximum absolute atomic E-state index is 12.1. The molecule has 0 radical (unpaired) electrons. The second-order valence-corrected chi connectivity index (χ2v) is 6.30. The molecule has 0 heterocycles. The van der Waals surface area contributed by atoms with Gasteiger partial charge < -0.3 is 10.1 Å². The quantitative estimate of drug-likeness (QED) is 0.532. The van der Waals surface area contributed by atoms with Crippen LogP contribution in [0, 0.1) is 0 Å². The Balaban J connectivity index is 1.90. The van der Waals surface area contributed by atoms with Crippen molar-refractivity contribution < 1.29 is 14.3 Å². The van der Waals surface area contributed by atoms with Gasteiger partial charge in [0.25, 0.3) is 5.91 Å². The first-order valence-corrected chi connectivity index (χ1v) is 8.73. The number of nitrogens with one attached hydrogen (secondary N) is 1. The number of unbranched alkanes of at least 4 members (excludes halogenated alkanes) is 2. The third kappa shape index (κ3) is 5.49. The summed E-state index contributed by atoms with van der Waals surface area (Å²) in [6.07, 6.45) is 3.02. The molecule has 24 heavy (non-hydrogen) atoms. The first kappa shape index (κ1) is 18.2. The summed E-state index contributed by atoms with van der Waals surface area (Å²) in [6.45, 7) is 2.54. The predicted molar refractivity (Wildman–Crippen MR) is 98.3 cm³/mol. The Hall–Kier alpha value is -2.14. The molecule has 0 bridgehead atoms. The lowest BCUT2D eigenvalue weighted by Crippen LogP contribution is -2.12. The van der Waals surface area contributed by atoms with E-state index in [2.05, 4.69) is 28.2 Å². The van der Waals surface area contributed by atoms with E-state index < -0.39 is 0 Å². The Morgan fingerprint density at radius 3 is 2.21 bits per heavy atom. The highest BCUT2D eigenvalue weighted by Gasteiger charge is 2.09. The number of anilines is 1. The highest BCUT2D eigenvalue weighted by atomic mass is 79.9. The predicted octanol–water partition coefficient (Wildman–Crippen LogP) is 5.05. The third-order valence-electron chi connectivity index (χ3n) is 3.47. The van der Waals surface area contributed by atoms with Crippen LogP contribution in [0.4, 0.5) is 5.69 Å². The van der Waals surface area contributed by atoms with Crippen molar-refractivity contribution in [2.75, 3.05) is 11.9 Å². The van der Waals surface area contributed by atoms with Crippen LogP contribution in [-0.2, 0) is 4.74 Å². The monoisotopic (exact) mass is 389 g/mol. The fraction of sp³-hybridized carbons (Fsp3) is 0.263. The number of rotatable bonds is 7. The average Bonchev–Trinajstić information content (AvgIpc) is 2.59. The minimum atomic E-state index is -0.336. The molecule has 0 unspecified atom stereocenters. The molecule has 2 aromatic rings. The van der Waals surface area contributed by atoms with Crippen LogP contribution < -0.4 is 5.32 Å². The normalized spacial score (nSPS) is 10.2. The molecule has 0 spiro atoms. The van der Waals surface area contributed by atoms with Gasteiger partial charge in [0.1, 0.15) is 0 Å². The van der Waals surface area contributed by atoms with Gasteiger partial charge in [-0.05, 0) is 55.0 Å². The molecular formula is C19H20BrNO3. The number of amides is 1. The van der Waals surface area contributed by atoms with Crippen LogP contribution in [0.15, 0.2) is 53.0 Å². The standard InChI is InChI=1S/C19H20BrNO3/c1-2-3-4-13-24-19(23)15-7-11-17(12-8-15)21-18(22)14-5-9-16(20)10-6-14/h5-12H,2-4,13H2,1H3,(H,21,22). The van der Waals surface area contributed by atoms with E-state index in [-0.39, 0.29) is 11.9 Å². The molecule has 4 nitrogen and oxygen atoms in total. The average molecular weight is 390 g/mol. The van der Waals surface area contributed by atoms with Crippen LogP contribution in [0.25, 0.3) is 0 Å². The van der Waals surface area contributed by atoms with E-state index in [9.17, 15) is 9.59 Å². The van der Waals surface area contributed by atoms with E-state index >= 15 is 0 Å². The Bertz CT molecular complexity index is 681. The minimum Gasteiger partial charge on any atom is -0.462 e. The van der Waals surface area contributed by atoms with Gasteiger partial charge in [-0.25, -0.2) is 4.79 Å². The SMILES string of the molecule is CCCCCOC(=O)c1ccc(NC(=O)c2ccc(Br)cc2)cc1. The molecule has 0 saturated carbocycles. The first-order chi connectivity index (χ1) is 11.6. The molecule has 0 atom stereocenters. The molecule has 0 aliphatic carbocycles. The molecule has 0 saturated heterocycles. The number of carbonyl (C=O) groups excluding carboxylic acids is 2. The van der Waals surface area contributed by atoms with Gasteiger partial charge in [-0.15, -0.1) is 0 Å². The Labute approximate surface area is 150 Å². The second-order valence-electron chi connectivity index (χ2n) is 5.38. The van der Waals surface area contributed by atoms with Crippen LogP contribution in [0.5, 0.6) is 0 Å². The van der Waals surface area contributed by atoms with Crippen LogP contribution in [-0.4, -0.2) is 18.5 Å². The van der Waals surface area contributed by atoms with Crippen molar-refractivity contribution in [1.29, 1.82) is 0 Å². The van der Waals surface area contributed by atoms with Crippen LogP contribution >= 0.6 is 15.9 Å². The lowest BCUT2D eigenvalue weighted by Gasteiger charge is -2.07.